The van der Waals surface area contributed by atoms with Crippen LogP contribution in [0.2, 0.25) is 0 Å². The smallest absolute Gasteiger partial charge is 0.129 e. The second-order valence-corrected chi connectivity index (χ2v) is 6.54. The highest BCUT2D eigenvalue weighted by molar-refractivity contribution is 9.09. The van der Waals surface area contributed by atoms with Crippen molar-refractivity contribution in [3.63, 3.8) is 0 Å². The number of nitrogens with one attached hydrogen (secondary N) is 1. The molecule has 0 saturated carbocycles. The van der Waals surface area contributed by atoms with Gasteiger partial charge in [0.1, 0.15) is 12.4 Å². The Hall–Kier alpha value is -2.00. The Labute approximate surface area is 144 Å². The summed E-state index contributed by atoms with van der Waals surface area (Å²) in [5.41, 5.74) is 3.80. The molecule has 4 rings (SSSR count). The molecule has 0 unspecified atom stereocenters. The lowest BCUT2D eigenvalue weighted by Crippen LogP contribution is -2.02. The fourth-order valence-corrected chi connectivity index (χ4v) is 3.82. The molecule has 0 saturated heterocycles. The normalized spacial score (nSPS) is 16.1. The standard InChI is InChI=1S/C20H18BrNO/c21-11-15-12-22-18-10-19(23-13-14-6-2-1-3-7-14)16-8-4-5-9-17(16)20(15)18/h1-10,15,22H,11-13H2/t15-/m1/s1. The van der Waals surface area contributed by atoms with Gasteiger partial charge in [0.05, 0.1) is 0 Å². The first kappa shape index (κ1) is 14.6. The van der Waals surface area contributed by atoms with Crippen molar-refractivity contribution < 1.29 is 4.74 Å². The minimum atomic E-state index is 0.512. The molecule has 0 aromatic heterocycles. The van der Waals surface area contributed by atoms with E-state index in [1.807, 2.05) is 18.2 Å². The van der Waals surface area contributed by atoms with Gasteiger partial charge in [0.2, 0.25) is 0 Å². The van der Waals surface area contributed by atoms with Crippen LogP contribution < -0.4 is 10.1 Å². The highest BCUT2D eigenvalue weighted by atomic mass is 79.9. The molecule has 0 bridgehead atoms. The van der Waals surface area contributed by atoms with Gasteiger partial charge in [0.15, 0.2) is 0 Å². The zero-order chi connectivity index (χ0) is 15.6. The molecule has 3 heteroatoms. The quantitative estimate of drug-likeness (QED) is 0.629. The molecule has 1 aliphatic rings. The summed E-state index contributed by atoms with van der Waals surface area (Å²) in [6, 6.07) is 21.0. The summed E-state index contributed by atoms with van der Waals surface area (Å²) in [6.45, 7) is 1.57. The largest absolute Gasteiger partial charge is 0.488 e. The lowest BCUT2D eigenvalue weighted by Gasteiger charge is -2.15. The van der Waals surface area contributed by atoms with Crippen molar-refractivity contribution in [3.05, 3.63) is 71.8 Å². The van der Waals surface area contributed by atoms with Gasteiger partial charge in [-0.05, 0) is 16.5 Å². The van der Waals surface area contributed by atoms with Gasteiger partial charge in [0.25, 0.3) is 0 Å². The highest BCUT2D eigenvalue weighted by Gasteiger charge is 2.25. The lowest BCUT2D eigenvalue weighted by atomic mass is 9.95. The van der Waals surface area contributed by atoms with Crippen LogP contribution in [-0.4, -0.2) is 11.9 Å². The topological polar surface area (TPSA) is 21.3 Å². The van der Waals surface area contributed by atoms with E-state index in [9.17, 15) is 0 Å². The monoisotopic (exact) mass is 367 g/mol. The Morgan fingerprint density at radius 3 is 2.52 bits per heavy atom. The molecular weight excluding hydrogens is 350 g/mol. The van der Waals surface area contributed by atoms with Crippen molar-refractivity contribution >= 4 is 32.4 Å². The van der Waals surface area contributed by atoms with Crippen LogP contribution in [0.25, 0.3) is 10.8 Å². The van der Waals surface area contributed by atoms with E-state index in [4.69, 9.17) is 4.74 Å². The van der Waals surface area contributed by atoms with Gasteiger partial charge in [-0.15, -0.1) is 0 Å². The summed E-state index contributed by atoms with van der Waals surface area (Å²) in [6.07, 6.45) is 0. The fraction of sp³-hybridized carbons (Fsp3) is 0.200. The van der Waals surface area contributed by atoms with Gasteiger partial charge >= 0.3 is 0 Å². The van der Waals surface area contributed by atoms with Crippen molar-refractivity contribution in [2.45, 2.75) is 12.5 Å². The summed E-state index contributed by atoms with van der Waals surface area (Å²) in [5.74, 6) is 1.46. The van der Waals surface area contributed by atoms with E-state index < -0.39 is 0 Å². The zero-order valence-corrected chi connectivity index (χ0v) is 14.3. The average molecular weight is 368 g/mol. The first-order valence-electron chi connectivity index (χ1n) is 7.89. The molecular formula is C20H18BrNO. The number of fused-ring (bicyclic) bond motifs is 3. The van der Waals surface area contributed by atoms with Crippen molar-refractivity contribution in [1.82, 2.24) is 0 Å². The third-order valence-electron chi connectivity index (χ3n) is 4.42. The van der Waals surface area contributed by atoms with Crippen LogP contribution in [-0.2, 0) is 6.61 Å². The summed E-state index contributed by atoms with van der Waals surface area (Å²) in [5, 5.41) is 6.98. The molecule has 0 aliphatic carbocycles. The molecule has 1 N–H and O–H groups in total. The molecule has 0 spiro atoms. The number of halogens is 1. The molecule has 3 aromatic rings. The van der Waals surface area contributed by atoms with E-state index in [1.165, 1.54) is 27.6 Å². The second-order valence-electron chi connectivity index (χ2n) is 5.89. The minimum absolute atomic E-state index is 0.512. The predicted molar refractivity (Wildman–Crippen MR) is 99.7 cm³/mol. The molecule has 2 nitrogen and oxygen atoms in total. The van der Waals surface area contributed by atoms with E-state index in [1.54, 1.807) is 0 Å². The van der Waals surface area contributed by atoms with Crippen LogP contribution in [0.4, 0.5) is 5.69 Å². The molecule has 0 fully saturated rings. The van der Waals surface area contributed by atoms with E-state index in [0.717, 1.165) is 17.6 Å². The predicted octanol–water partition coefficient (Wildman–Crippen LogP) is 5.32. The Bertz CT molecular complexity index is 832. The number of anilines is 1. The van der Waals surface area contributed by atoms with Gasteiger partial charge in [-0.25, -0.2) is 0 Å². The number of benzene rings is 3. The molecule has 1 atom stereocenters. The van der Waals surface area contributed by atoms with Gasteiger partial charge < -0.3 is 10.1 Å². The van der Waals surface area contributed by atoms with Crippen LogP contribution in [0.5, 0.6) is 5.75 Å². The minimum Gasteiger partial charge on any atom is -0.488 e. The third-order valence-corrected chi connectivity index (χ3v) is 5.20. The fourth-order valence-electron chi connectivity index (χ4n) is 3.27. The summed E-state index contributed by atoms with van der Waals surface area (Å²) in [7, 11) is 0. The van der Waals surface area contributed by atoms with Gasteiger partial charge in [0, 0.05) is 34.9 Å². The molecule has 3 aromatic carbocycles. The van der Waals surface area contributed by atoms with Crippen molar-refractivity contribution in [2.75, 3.05) is 17.2 Å². The number of rotatable bonds is 4. The molecule has 1 aliphatic heterocycles. The van der Waals surface area contributed by atoms with E-state index in [2.05, 4.69) is 63.7 Å². The van der Waals surface area contributed by atoms with Gasteiger partial charge in [-0.1, -0.05) is 70.5 Å². The summed E-state index contributed by atoms with van der Waals surface area (Å²) in [4.78, 5) is 0. The van der Waals surface area contributed by atoms with Crippen molar-refractivity contribution in [1.29, 1.82) is 0 Å². The second kappa shape index (κ2) is 6.25. The number of ether oxygens (including phenoxy) is 1. The molecule has 0 radical (unpaired) electrons. The van der Waals surface area contributed by atoms with Crippen molar-refractivity contribution in [3.8, 4) is 5.75 Å². The molecule has 116 valence electrons. The number of hydrogen-bond acceptors (Lipinski definition) is 2. The van der Waals surface area contributed by atoms with Crippen molar-refractivity contribution in [2.24, 2.45) is 0 Å². The molecule has 1 heterocycles. The summed E-state index contributed by atoms with van der Waals surface area (Å²) < 4.78 is 6.15. The SMILES string of the molecule is BrC[C@@H]1CNc2cc(OCc3ccccc3)c3ccccc3c21. The van der Waals surface area contributed by atoms with E-state index >= 15 is 0 Å². The molecule has 23 heavy (non-hydrogen) atoms. The Morgan fingerprint density at radius 2 is 1.74 bits per heavy atom. The van der Waals surface area contributed by atoms with Crippen LogP contribution in [0.1, 0.15) is 17.0 Å². The average Bonchev–Trinajstić information content (AvgIpc) is 3.04. The zero-order valence-electron chi connectivity index (χ0n) is 12.8. The van der Waals surface area contributed by atoms with Gasteiger partial charge in [-0.3, -0.25) is 0 Å². The maximum Gasteiger partial charge on any atom is 0.129 e. The maximum absolute atomic E-state index is 6.15. The summed E-state index contributed by atoms with van der Waals surface area (Å²) >= 11 is 3.64. The first-order chi connectivity index (χ1) is 11.4. The van der Waals surface area contributed by atoms with Crippen LogP contribution in [0.3, 0.4) is 0 Å². The molecule has 0 amide bonds. The van der Waals surface area contributed by atoms with E-state index in [0.29, 0.717) is 12.5 Å². The maximum atomic E-state index is 6.15. The van der Waals surface area contributed by atoms with Crippen LogP contribution in [0.15, 0.2) is 60.7 Å². The Balaban J connectivity index is 1.75. The highest BCUT2D eigenvalue weighted by Crippen LogP contribution is 2.42. The van der Waals surface area contributed by atoms with Gasteiger partial charge in [-0.2, -0.15) is 0 Å². The third kappa shape index (κ3) is 2.70. The van der Waals surface area contributed by atoms with Crippen LogP contribution >= 0.6 is 15.9 Å². The van der Waals surface area contributed by atoms with Crippen LogP contribution in [0, 0.1) is 0 Å². The number of alkyl halides is 1. The Morgan fingerprint density at radius 1 is 1.00 bits per heavy atom. The Kier molecular flexibility index (Phi) is 3.96. The lowest BCUT2D eigenvalue weighted by molar-refractivity contribution is 0.310. The number of hydrogen-bond donors (Lipinski definition) is 1. The van der Waals surface area contributed by atoms with E-state index in [-0.39, 0.29) is 0 Å². The first-order valence-corrected chi connectivity index (χ1v) is 9.01.